The highest BCUT2D eigenvalue weighted by Gasteiger charge is 2.34. The van der Waals surface area contributed by atoms with E-state index in [1.165, 1.54) is 0 Å². The van der Waals surface area contributed by atoms with Crippen molar-refractivity contribution in [2.24, 2.45) is 0 Å². The van der Waals surface area contributed by atoms with Crippen LogP contribution in [0.1, 0.15) is 6.92 Å². The molecule has 1 unspecified atom stereocenters. The fourth-order valence-electron chi connectivity index (χ4n) is 0.342. The van der Waals surface area contributed by atoms with Gasteiger partial charge in [0.2, 0.25) is 0 Å². The second-order valence-electron chi connectivity index (χ2n) is 2.08. The average molecular weight is 186 g/mol. The molecule has 1 atom stereocenters. The van der Waals surface area contributed by atoms with Crippen molar-refractivity contribution in [2.45, 2.75) is 11.9 Å². The van der Waals surface area contributed by atoms with Crippen molar-refractivity contribution in [1.29, 1.82) is 0 Å². The molecule has 0 aliphatic rings. The number of rotatable bonds is 3. The van der Waals surface area contributed by atoms with Crippen molar-refractivity contribution in [3.63, 3.8) is 0 Å². The molecule has 0 heterocycles. The van der Waals surface area contributed by atoms with Crippen molar-refractivity contribution >= 4 is 21.9 Å². The third-order valence-corrected chi connectivity index (χ3v) is 3.26. The average Bonchev–Trinajstić information content (AvgIpc) is 1.61. The maximum Gasteiger partial charge on any atom is 0.295 e. The van der Waals surface area contributed by atoms with Crippen LogP contribution in [0.5, 0.6) is 0 Å². The van der Waals surface area contributed by atoms with Crippen LogP contribution in [0.2, 0.25) is 0 Å². The Balaban J connectivity index is 4.42. The van der Waals surface area contributed by atoms with Gasteiger partial charge in [0, 0.05) is 5.75 Å². The van der Waals surface area contributed by atoms with Crippen LogP contribution in [0.15, 0.2) is 0 Å². The zero-order valence-electron chi connectivity index (χ0n) is 5.73. The zero-order chi connectivity index (χ0) is 8.41. The first-order valence-electron chi connectivity index (χ1n) is 2.49. The van der Waals surface area contributed by atoms with E-state index in [4.69, 9.17) is 9.66 Å². The van der Waals surface area contributed by atoms with Gasteiger partial charge >= 0.3 is 0 Å². The van der Waals surface area contributed by atoms with Crippen molar-refractivity contribution in [3.8, 4) is 0 Å². The molecule has 0 rings (SSSR count). The SMILES string of the molecule is CSCC(C)(O)S(=O)(=O)O. The summed E-state index contributed by atoms with van der Waals surface area (Å²) in [6, 6.07) is 0. The van der Waals surface area contributed by atoms with Crippen LogP contribution < -0.4 is 0 Å². The third-order valence-electron chi connectivity index (χ3n) is 0.968. The topological polar surface area (TPSA) is 74.6 Å². The largest absolute Gasteiger partial charge is 0.372 e. The first-order chi connectivity index (χ1) is 4.31. The number of thioether (sulfide) groups is 1. The Kier molecular flexibility index (Phi) is 3.15. The smallest absolute Gasteiger partial charge is 0.295 e. The zero-order valence-corrected chi connectivity index (χ0v) is 7.37. The maximum atomic E-state index is 10.3. The highest BCUT2D eigenvalue weighted by Crippen LogP contribution is 2.16. The molecule has 0 bridgehead atoms. The van der Waals surface area contributed by atoms with E-state index in [9.17, 15) is 8.42 Å². The van der Waals surface area contributed by atoms with Gasteiger partial charge in [-0.05, 0) is 13.2 Å². The summed E-state index contributed by atoms with van der Waals surface area (Å²) in [6.45, 7) is 1.05. The molecule has 10 heavy (non-hydrogen) atoms. The molecule has 6 heteroatoms. The van der Waals surface area contributed by atoms with Crippen molar-refractivity contribution < 1.29 is 18.1 Å². The molecule has 0 aromatic carbocycles. The van der Waals surface area contributed by atoms with E-state index in [2.05, 4.69) is 0 Å². The molecule has 0 aliphatic carbocycles. The summed E-state index contributed by atoms with van der Waals surface area (Å²) in [6.07, 6.45) is 1.64. The summed E-state index contributed by atoms with van der Waals surface area (Å²) in [5, 5.41) is 8.99. The number of aliphatic hydroxyl groups is 1. The Morgan fingerprint density at radius 1 is 1.60 bits per heavy atom. The van der Waals surface area contributed by atoms with Crippen LogP contribution >= 0.6 is 11.8 Å². The van der Waals surface area contributed by atoms with E-state index in [1.54, 1.807) is 6.26 Å². The molecule has 0 fully saturated rings. The van der Waals surface area contributed by atoms with Crippen molar-refractivity contribution in [1.82, 2.24) is 0 Å². The van der Waals surface area contributed by atoms with E-state index in [-0.39, 0.29) is 5.75 Å². The Morgan fingerprint density at radius 3 is 2.10 bits per heavy atom. The predicted molar refractivity (Wildman–Crippen MR) is 40.6 cm³/mol. The van der Waals surface area contributed by atoms with Crippen molar-refractivity contribution in [2.75, 3.05) is 12.0 Å². The highest BCUT2D eigenvalue weighted by molar-refractivity contribution is 7.99. The molecule has 0 spiro atoms. The summed E-state index contributed by atoms with van der Waals surface area (Å²) in [4.78, 5) is -2.02. The molecule has 0 saturated heterocycles. The van der Waals surface area contributed by atoms with Gasteiger partial charge in [-0.2, -0.15) is 20.2 Å². The molecule has 0 radical (unpaired) electrons. The Hall–Kier alpha value is 0.220. The Bertz CT molecular complexity index is 193. The standard InChI is InChI=1S/C4H10O4S2/c1-4(5,3-9-2)10(6,7)8/h5H,3H2,1-2H3,(H,6,7,8). The molecule has 62 valence electrons. The third kappa shape index (κ3) is 2.45. The monoisotopic (exact) mass is 186 g/mol. The second-order valence-corrected chi connectivity index (χ2v) is 4.78. The first kappa shape index (κ1) is 10.2. The van der Waals surface area contributed by atoms with E-state index < -0.39 is 15.1 Å². The second kappa shape index (κ2) is 3.08. The van der Waals surface area contributed by atoms with Gasteiger partial charge in [0.25, 0.3) is 10.1 Å². The van der Waals surface area contributed by atoms with E-state index in [0.29, 0.717) is 0 Å². The molecule has 0 amide bonds. The maximum absolute atomic E-state index is 10.3. The predicted octanol–water partition coefficient (Wildman–Crippen LogP) is -0.0543. The molecule has 0 aromatic heterocycles. The Morgan fingerprint density at radius 2 is 2.00 bits per heavy atom. The lowest BCUT2D eigenvalue weighted by molar-refractivity contribution is 0.157. The van der Waals surface area contributed by atoms with Gasteiger partial charge < -0.3 is 5.11 Å². The van der Waals surface area contributed by atoms with Crippen LogP contribution in [0.4, 0.5) is 0 Å². The molecule has 2 N–H and O–H groups in total. The van der Waals surface area contributed by atoms with E-state index in [0.717, 1.165) is 18.7 Å². The van der Waals surface area contributed by atoms with Gasteiger partial charge in [0.05, 0.1) is 0 Å². The number of hydrogen-bond donors (Lipinski definition) is 2. The van der Waals surface area contributed by atoms with Crippen LogP contribution in [0.25, 0.3) is 0 Å². The van der Waals surface area contributed by atoms with Crippen LogP contribution in [-0.2, 0) is 10.1 Å². The molecule has 0 aromatic rings. The summed E-state index contributed by atoms with van der Waals surface area (Å²) in [5.41, 5.74) is 0. The normalized spacial score (nSPS) is 18.4. The lowest BCUT2D eigenvalue weighted by Gasteiger charge is -2.17. The molecular formula is C4H10O4S2. The number of hydrogen-bond acceptors (Lipinski definition) is 4. The molecule has 0 saturated carbocycles. The van der Waals surface area contributed by atoms with Gasteiger partial charge in [-0.3, -0.25) is 4.55 Å². The lowest BCUT2D eigenvalue weighted by Crippen LogP contribution is -2.37. The molecule has 4 nitrogen and oxygen atoms in total. The molecule has 0 aliphatic heterocycles. The fraction of sp³-hybridized carbons (Fsp3) is 1.00. The summed E-state index contributed by atoms with van der Waals surface area (Å²) in [5.74, 6) is -0.0359. The van der Waals surface area contributed by atoms with Gasteiger partial charge in [-0.25, -0.2) is 0 Å². The van der Waals surface area contributed by atoms with Gasteiger partial charge in [0.1, 0.15) is 0 Å². The lowest BCUT2D eigenvalue weighted by atomic mass is 10.5. The summed E-state index contributed by atoms with van der Waals surface area (Å²) in [7, 11) is -4.33. The fourth-order valence-corrected chi connectivity index (χ4v) is 1.83. The van der Waals surface area contributed by atoms with E-state index in [1.807, 2.05) is 0 Å². The van der Waals surface area contributed by atoms with Crippen LogP contribution in [0.3, 0.4) is 0 Å². The highest BCUT2D eigenvalue weighted by atomic mass is 32.2. The van der Waals surface area contributed by atoms with Crippen LogP contribution in [-0.4, -0.2) is 35.0 Å². The van der Waals surface area contributed by atoms with Gasteiger partial charge in [-0.15, -0.1) is 0 Å². The van der Waals surface area contributed by atoms with Crippen LogP contribution in [0, 0.1) is 0 Å². The van der Waals surface area contributed by atoms with Gasteiger partial charge in [-0.1, -0.05) is 0 Å². The Labute approximate surface area is 64.4 Å². The quantitative estimate of drug-likeness (QED) is 0.604. The summed E-state index contributed by atoms with van der Waals surface area (Å²) >= 11 is 1.15. The molecular weight excluding hydrogens is 176 g/mol. The van der Waals surface area contributed by atoms with Crippen molar-refractivity contribution in [3.05, 3.63) is 0 Å². The minimum absolute atomic E-state index is 0.0359. The van der Waals surface area contributed by atoms with Gasteiger partial charge in [0.15, 0.2) is 4.93 Å². The minimum Gasteiger partial charge on any atom is -0.372 e. The minimum atomic E-state index is -4.33. The first-order valence-corrected chi connectivity index (χ1v) is 5.33. The summed E-state index contributed by atoms with van der Waals surface area (Å²) < 4.78 is 29.1. The van der Waals surface area contributed by atoms with E-state index >= 15 is 0 Å².